The van der Waals surface area contributed by atoms with Crippen LogP contribution in [0.4, 0.5) is 11.4 Å². The first-order chi connectivity index (χ1) is 12.0. The van der Waals surface area contributed by atoms with E-state index in [0.29, 0.717) is 11.3 Å². The number of nitrogens with zero attached hydrogens (tertiary/aromatic N) is 2. The van der Waals surface area contributed by atoms with E-state index < -0.39 is 5.91 Å². The van der Waals surface area contributed by atoms with Crippen molar-refractivity contribution < 1.29 is 9.59 Å². The maximum absolute atomic E-state index is 12.9. The van der Waals surface area contributed by atoms with Gasteiger partial charge >= 0.3 is 0 Å². The number of rotatable bonds is 3. The fraction of sp³-hybridized carbons (Fsp3) is 0.150. The molecule has 5 nitrogen and oxygen atoms in total. The second-order valence-electron chi connectivity index (χ2n) is 5.97. The van der Waals surface area contributed by atoms with Gasteiger partial charge in [0.15, 0.2) is 0 Å². The van der Waals surface area contributed by atoms with Crippen LogP contribution in [0, 0.1) is 11.3 Å². The number of anilines is 2. The SMILES string of the molecule is CC(C)N1C(=O)/C(=C(\C#N)C(=O)Nc2ccccc2)c2ccccc21. The zero-order valence-corrected chi connectivity index (χ0v) is 14.0. The Morgan fingerprint density at radius 2 is 1.72 bits per heavy atom. The molecule has 0 spiro atoms. The monoisotopic (exact) mass is 331 g/mol. The van der Waals surface area contributed by atoms with Gasteiger partial charge in [0.05, 0.1) is 11.3 Å². The van der Waals surface area contributed by atoms with Gasteiger partial charge in [-0.25, -0.2) is 0 Å². The number of amides is 2. The van der Waals surface area contributed by atoms with E-state index in [1.165, 1.54) is 0 Å². The minimum Gasteiger partial charge on any atom is -0.321 e. The van der Waals surface area contributed by atoms with Crippen molar-refractivity contribution in [3.8, 4) is 6.07 Å². The lowest BCUT2D eigenvalue weighted by Gasteiger charge is -2.21. The first-order valence-corrected chi connectivity index (χ1v) is 7.98. The predicted octanol–water partition coefficient (Wildman–Crippen LogP) is 3.36. The van der Waals surface area contributed by atoms with E-state index in [2.05, 4.69) is 5.32 Å². The molecule has 2 aromatic carbocycles. The highest BCUT2D eigenvalue weighted by Gasteiger charge is 2.37. The molecule has 1 aliphatic rings. The highest BCUT2D eigenvalue weighted by atomic mass is 16.2. The van der Waals surface area contributed by atoms with Crippen LogP contribution in [-0.2, 0) is 9.59 Å². The van der Waals surface area contributed by atoms with Gasteiger partial charge in [0.2, 0.25) is 0 Å². The summed E-state index contributed by atoms with van der Waals surface area (Å²) in [5, 5.41) is 12.2. The second kappa shape index (κ2) is 6.62. The number of hydrogen-bond acceptors (Lipinski definition) is 3. The summed E-state index contributed by atoms with van der Waals surface area (Å²) in [5.41, 5.74) is 1.88. The van der Waals surface area contributed by atoms with Crippen LogP contribution in [0.3, 0.4) is 0 Å². The van der Waals surface area contributed by atoms with Gasteiger partial charge in [0.25, 0.3) is 11.8 Å². The molecule has 0 saturated carbocycles. The molecule has 0 unspecified atom stereocenters. The van der Waals surface area contributed by atoms with Gasteiger partial charge < -0.3 is 10.2 Å². The number of para-hydroxylation sites is 2. The Morgan fingerprint density at radius 1 is 1.08 bits per heavy atom. The Hall–Kier alpha value is -3.39. The zero-order valence-electron chi connectivity index (χ0n) is 14.0. The largest absolute Gasteiger partial charge is 0.321 e. The maximum Gasteiger partial charge on any atom is 0.267 e. The molecule has 0 fully saturated rings. The van der Waals surface area contributed by atoms with E-state index >= 15 is 0 Å². The quantitative estimate of drug-likeness (QED) is 0.692. The van der Waals surface area contributed by atoms with Crippen molar-refractivity contribution >= 4 is 28.8 Å². The summed E-state index contributed by atoms with van der Waals surface area (Å²) < 4.78 is 0. The molecule has 0 saturated heterocycles. The molecule has 25 heavy (non-hydrogen) atoms. The van der Waals surface area contributed by atoms with Gasteiger partial charge in [0.1, 0.15) is 11.6 Å². The van der Waals surface area contributed by atoms with Crippen LogP contribution in [-0.4, -0.2) is 17.9 Å². The van der Waals surface area contributed by atoms with Gasteiger partial charge in [-0.2, -0.15) is 5.26 Å². The molecule has 124 valence electrons. The first-order valence-electron chi connectivity index (χ1n) is 7.98. The molecule has 0 bridgehead atoms. The summed E-state index contributed by atoms with van der Waals surface area (Å²) in [7, 11) is 0. The van der Waals surface area contributed by atoms with Crippen molar-refractivity contribution in [1.82, 2.24) is 0 Å². The minimum atomic E-state index is -0.586. The maximum atomic E-state index is 12.9. The molecule has 0 radical (unpaired) electrons. The van der Waals surface area contributed by atoms with Gasteiger partial charge in [-0.05, 0) is 32.0 Å². The number of hydrogen-bond donors (Lipinski definition) is 1. The average Bonchev–Trinajstić information content (AvgIpc) is 2.89. The first kappa shape index (κ1) is 16.5. The predicted molar refractivity (Wildman–Crippen MR) is 96.7 cm³/mol. The standard InChI is InChI=1S/C20H17N3O2/c1-13(2)23-17-11-7-6-10-15(17)18(20(23)25)16(12-21)19(24)22-14-8-4-3-5-9-14/h3-11,13H,1-2H3,(H,22,24)/b18-16+. The Bertz CT molecular complexity index is 908. The lowest BCUT2D eigenvalue weighted by molar-refractivity contribution is -0.115. The summed E-state index contributed by atoms with van der Waals surface area (Å²) in [4.78, 5) is 27.1. The molecule has 0 aliphatic carbocycles. The van der Waals surface area contributed by atoms with Crippen LogP contribution in [0.1, 0.15) is 19.4 Å². The van der Waals surface area contributed by atoms with Gasteiger partial charge in [-0.3, -0.25) is 9.59 Å². The summed E-state index contributed by atoms with van der Waals surface area (Å²) in [5.74, 6) is -0.909. The van der Waals surface area contributed by atoms with E-state index in [4.69, 9.17) is 0 Å². The molecular weight excluding hydrogens is 314 g/mol. The fourth-order valence-electron chi connectivity index (χ4n) is 2.93. The number of nitrogens with one attached hydrogen (secondary N) is 1. The summed E-state index contributed by atoms with van der Waals surface area (Å²) in [6, 6.07) is 17.9. The third kappa shape index (κ3) is 2.90. The highest BCUT2D eigenvalue weighted by molar-refractivity contribution is 6.38. The van der Waals surface area contributed by atoms with E-state index in [9.17, 15) is 14.9 Å². The molecule has 3 rings (SSSR count). The van der Waals surface area contributed by atoms with E-state index in [-0.39, 0.29) is 23.1 Å². The molecule has 1 N–H and O–H groups in total. The third-order valence-electron chi connectivity index (χ3n) is 4.00. The van der Waals surface area contributed by atoms with Crippen LogP contribution in [0.15, 0.2) is 60.2 Å². The molecular formula is C20H17N3O2. The zero-order chi connectivity index (χ0) is 18.0. The molecule has 2 aromatic rings. The number of benzene rings is 2. The Balaban J connectivity index is 2.09. The van der Waals surface area contributed by atoms with Crippen molar-refractivity contribution in [3.05, 3.63) is 65.7 Å². The lowest BCUT2D eigenvalue weighted by atomic mass is 10.0. The van der Waals surface area contributed by atoms with Crippen LogP contribution in [0.5, 0.6) is 0 Å². The molecule has 1 heterocycles. The Kier molecular flexibility index (Phi) is 4.36. The Morgan fingerprint density at radius 3 is 2.36 bits per heavy atom. The molecule has 0 aromatic heterocycles. The molecule has 5 heteroatoms. The molecule has 1 aliphatic heterocycles. The topological polar surface area (TPSA) is 73.2 Å². The van der Waals surface area contributed by atoms with Crippen LogP contribution >= 0.6 is 0 Å². The average molecular weight is 331 g/mol. The molecule has 0 atom stereocenters. The van der Waals surface area contributed by atoms with Gasteiger partial charge in [-0.15, -0.1) is 0 Å². The number of carbonyl (C=O) groups is 2. The third-order valence-corrected chi connectivity index (χ3v) is 4.00. The van der Waals surface area contributed by atoms with Crippen LogP contribution in [0.2, 0.25) is 0 Å². The smallest absolute Gasteiger partial charge is 0.267 e. The van der Waals surface area contributed by atoms with Crippen molar-refractivity contribution in [2.75, 3.05) is 10.2 Å². The van der Waals surface area contributed by atoms with Crippen molar-refractivity contribution in [2.45, 2.75) is 19.9 Å². The van der Waals surface area contributed by atoms with Crippen LogP contribution in [0.25, 0.3) is 5.57 Å². The van der Waals surface area contributed by atoms with Crippen molar-refractivity contribution in [3.63, 3.8) is 0 Å². The number of carbonyl (C=O) groups excluding carboxylic acids is 2. The van der Waals surface area contributed by atoms with E-state index in [0.717, 1.165) is 5.69 Å². The number of nitriles is 1. The normalized spacial score (nSPS) is 15.0. The highest BCUT2D eigenvalue weighted by Crippen LogP contribution is 2.39. The lowest BCUT2D eigenvalue weighted by Crippen LogP contribution is -2.33. The van der Waals surface area contributed by atoms with E-state index in [1.807, 2.05) is 38.1 Å². The minimum absolute atomic E-state index is 0.0803. The van der Waals surface area contributed by atoms with Crippen molar-refractivity contribution in [2.24, 2.45) is 0 Å². The molecule has 2 amide bonds. The van der Waals surface area contributed by atoms with Crippen molar-refractivity contribution in [1.29, 1.82) is 5.26 Å². The number of fused-ring (bicyclic) bond motifs is 1. The van der Waals surface area contributed by atoms with Crippen LogP contribution < -0.4 is 10.2 Å². The van der Waals surface area contributed by atoms with Gasteiger partial charge in [-0.1, -0.05) is 36.4 Å². The van der Waals surface area contributed by atoms with Gasteiger partial charge in [0, 0.05) is 17.3 Å². The fourth-order valence-corrected chi connectivity index (χ4v) is 2.93. The summed E-state index contributed by atoms with van der Waals surface area (Å²) in [6.45, 7) is 3.79. The summed E-state index contributed by atoms with van der Waals surface area (Å²) in [6.07, 6.45) is 0. The summed E-state index contributed by atoms with van der Waals surface area (Å²) >= 11 is 0. The Labute approximate surface area is 146 Å². The van der Waals surface area contributed by atoms with E-state index in [1.54, 1.807) is 41.3 Å². The second-order valence-corrected chi connectivity index (χ2v) is 5.97.